The molecule has 1 heterocycles. The van der Waals surface area contributed by atoms with Gasteiger partial charge in [-0.05, 0) is 17.7 Å². The summed E-state index contributed by atoms with van der Waals surface area (Å²) in [7, 11) is 0. The standard InChI is InChI=1S/C11H8N4O2/c12-5-9-2-1-3-10(4-9)7-14-8-11(6-13-14)15(16)17/h1-4,6,8H,7H2. The van der Waals surface area contributed by atoms with Crippen LogP contribution in [0.4, 0.5) is 5.69 Å². The molecule has 0 unspecified atom stereocenters. The van der Waals surface area contributed by atoms with E-state index in [2.05, 4.69) is 5.10 Å². The van der Waals surface area contributed by atoms with Crippen LogP contribution in [0, 0.1) is 21.4 Å². The zero-order valence-electron chi connectivity index (χ0n) is 8.78. The number of nitro groups is 1. The van der Waals surface area contributed by atoms with E-state index in [4.69, 9.17) is 5.26 Å². The number of hydrogen-bond acceptors (Lipinski definition) is 4. The molecule has 0 spiro atoms. The second-order valence-electron chi connectivity index (χ2n) is 3.47. The Hall–Kier alpha value is -2.68. The summed E-state index contributed by atoms with van der Waals surface area (Å²) in [5.74, 6) is 0. The van der Waals surface area contributed by atoms with Crippen molar-refractivity contribution in [2.24, 2.45) is 0 Å². The molecular formula is C11H8N4O2. The molecule has 0 N–H and O–H groups in total. The summed E-state index contributed by atoms with van der Waals surface area (Å²) in [6.07, 6.45) is 2.56. The minimum Gasteiger partial charge on any atom is -0.261 e. The Morgan fingerprint density at radius 3 is 3.00 bits per heavy atom. The lowest BCUT2D eigenvalue weighted by molar-refractivity contribution is -0.385. The van der Waals surface area contributed by atoms with Crippen molar-refractivity contribution < 1.29 is 4.92 Å². The normalized spacial score (nSPS) is 9.82. The summed E-state index contributed by atoms with van der Waals surface area (Å²) in [6, 6.07) is 9.08. The fourth-order valence-corrected chi connectivity index (χ4v) is 1.46. The lowest BCUT2D eigenvalue weighted by Gasteiger charge is -2.01. The predicted molar refractivity (Wildman–Crippen MR) is 59.1 cm³/mol. The molecule has 0 atom stereocenters. The topological polar surface area (TPSA) is 84.8 Å². The van der Waals surface area contributed by atoms with Crippen LogP contribution in [0.15, 0.2) is 36.7 Å². The molecule has 1 aromatic carbocycles. The number of nitrogens with zero attached hydrogens (tertiary/aromatic N) is 4. The summed E-state index contributed by atoms with van der Waals surface area (Å²) in [5, 5.41) is 23.1. The van der Waals surface area contributed by atoms with Gasteiger partial charge >= 0.3 is 5.69 Å². The highest BCUT2D eigenvalue weighted by atomic mass is 16.6. The number of benzene rings is 1. The van der Waals surface area contributed by atoms with Crippen molar-refractivity contribution in [2.45, 2.75) is 6.54 Å². The Balaban J connectivity index is 2.19. The Morgan fingerprint density at radius 1 is 1.53 bits per heavy atom. The van der Waals surface area contributed by atoms with Crippen molar-refractivity contribution in [3.05, 3.63) is 57.9 Å². The molecule has 0 fully saturated rings. The first kappa shape index (κ1) is 10.8. The van der Waals surface area contributed by atoms with Gasteiger partial charge in [0, 0.05) is 0 Å². The molecule has 0 amide bonds. The Labute approximate surface area is 96.9 Å². The molecule has 17 heavy (non-hydrogen) atoms. The molecule has 84 valence electrons. The average molecular weight is 228 g/mol. The lowest BCUT2D eigenvalue weighted by Crippen LogP contribution is -2.00. The summed E-state index contributed by atoms with van der Waals surface area (Å²) in [6.45, 7) is 0.406. The van der Waals surface area contributed by atoms with Crippen LogP contribution in [0.1, 0.15) is 11.1 Å². The zero-order valence-corrected chi connectivity index (χ0v) is 8.78. The van der Waals surface area contributed by atoms with Crippen LogP contribution in [0.3, 0.4) is 0 Å². The number of aromatic nitrogens is 2. The van der Waals surface area contributed by atoms with Crippen molar-refractivity contribution in [1.82, 2.24) is 9.78 Å². The first-order chi connectivity index (χ1) is 8.19. The number of hydrogen-bond donors (Lipinski definition) is 0. The summed E-state index contributed by atoms with van der Waals surface area (Å²) in [5.41, 5.74) is 1.40. The molecule has 0 saturated carbocycles. The van der Waals surface area contributed by atoms with E-state index >= 15 is 0 Å². The Bertz CT molecular complexity index is 598. The second-order valence-corrected chi connectivity index (χ2v) is 3.47. The fraction of sp³-hybridized carbons (Fsp3) is 0.0909. The minimum absolute atomic E-state index is 0.0403. The highest BCUT2D eigenvalue weighted by Crippen LogP contribution is 2.11. The van der Waals surface area contributed by atoms with E-state index in [0.717, 1.165) is 5.56 Å². The molecule has 2 aromatic rings. The molecule has 0 radical (unpaired) electrons. The van der Waals surface area contributed by atoms with E-state index in [1.54, 1.807) is 18.2 Å². The SMILES string of the molecule is N#Cc1cccc(Cn2cc([N+](=O)[O-])cn2)c1. The third-order valence-electron chi connectivity index (χ3n) is 2.23. The first-order valence-corrected chi connectivity index (χ1v) is 4.85. The van der Waals surface area contributed by atoms with E-state index in [1.807, 2.05) is 12.1 Å². The Morgan fingerprint density at radius 2 is 2.35 bits per heavy atom. The van der Waals surface area contributed by atoms with Crippen LogP contribution in [-0.4, -0.2) is 14.7 Å². The maximum Gasteiger partial charge on any atom is 0.307 e. The van der Waals surface area contributed by atoms with Gasteiger partial charge in [0.15, 0.2) is 0 Å². The lowest BCUT2D eigenvalue weighted by atomic mass is 10.1. The van der Waals surface area contributed by atoms with Crippen molar-refractivity contribution in [2.75, 3.05) is 0 Å². The molecule has 0 aliphatic rings. The third-order valence-corrected chi connectivity index (χ3v) is 2.23. The molecule has 1 aromatic heterocycles. The van der Waals surface area contributed by atoms with E-state index < -0.39 is 4.92 Å². The molecule has 0 saturated heterocycles. The van der Waals surface area contributed by atoms with Gasteiger partial charge in [-0.3, -0.25) is 14.8 Å². The van der Waals surface area contributed by atoms with E-state index in [1.165, 1.54) is 17.1 Å². The summed E-state index contributed by atoms with van der Waals surface area (Å²) < 4.78 is 1.47. The minimum atomic E-state index is -0.491. The molecule has 0 bridgehead atoms. The molecular weight excluding hydrogens is 220 g/mol. The van der Waals surface area contributed by atoms with E-state index in [-0.39, 0.29) is 5.69 Å². The smallest absolute Gasteiger partial charge is 0.261 e. The molecule has 6 heteroatoms. The highest BCUT2D eigenvalue weighted by Gasteiger charge is 2.08. The zero-order chi connectivity index (χ0) is 12.3. The molecule has 0 aliphatic carbocycles. The number of nitriles is 1. The van der Waals surface area contributed by atoms with Gasteiger partial charge in [0.25, 0.3) is 0 Å². The van der Waals surface area contributed by atoms with Gasteiger partial charge in [-0.25, -0.2) is 0 Å². The molecule has 6 nitrogen and oxygen atoms in total. The largest absolute Gasteiger partial charge is 0.307 e. The van der Waals surface area contributed by atoms with Crippen LogP contribution in [0.2, 0.25) is 0 Å². The van der Waals surface area contributed by atoms with Gasteiger partial charge < -0.3 is 0 Å². The summed E-state index contributed by atoms with van der Waals surface area (Å²) in [4.78, 5) is 9.99. The molecule has 2 rings (SSSR count). The van der Waals surface area contributed by atoms with Crippen LogP contribution in [0.5, 0.6) is 0 Å². The monoisotopic (exact) mass is 228 g/mol. The number of rotatable bonds is 3. The summed E-state index contributed by atoms with van der Waals surface area (Å²) >= 11 is 0. The molecule has 0 aliphatic heterocycles. The van der Waals surface area contributed by atoms with Crippen LogP contribution in [-0.2, 0) is 6.54 Å². The van der Waals surface area contributed by atoms with Crippen molar-refractivity contribution >= 4 is 5.69 Å². The van der Waals surface area contributed by atoms with Crippen LogP contribution >= 0.6 is 0 Å². The third kappa shape index (κ3) is 2.46. The van der Waals surface area contributed by atoms with Gasteiger partial charge in [0.05, 0.1) is 23.1 Å². The van der Waals surface area contributed by atoms with Crippen molar-refractivity contribution in [3.8, 4) is 6.07 Å². The van der Waals surface area contributed by atoms with Crippen molar-refractivity contribution in [1.29, 1.82) is 5.26 Å². The first-order valence-electron chi connectivity index (χ1n) is 4.85. The Kier molecular flexibility index (Phi) is 2.83. The van der Waals surface area contributed by atoms with Gasteiger partial charge in [-0.2, -0.15) is 10.4 Å². The van der Waals surface area contributed by atoms with Crippen molar-refractivity contribution in [3.63, 3.8) is 0 Å². The van der Waals surface area contributed by atoms with Gasteiger partial charge in [-0.1, -0.05) is 12.1 Å². The quantitative estimate of drug-likeness (QED) is 0.591. The van der Waals surface area contributed by atoms with Crippen LogP contribution < -0.4 is 0 Å². The highest BCUT2D eigenvalue weighted by molar-refractivity contribution is 5.33. The predicted octanol–water partition coefficient (Wildman–Crippen LogP) is 1.71. The van der Waals surface area contributed by atoms with E-state index in [0.29, 0.717) is 12.1 Å². The van der Waals surface area contributed by atoms with Gasteiger partial charge in [0.2, 0.25) is 0 Å². The van der Waals surface area contributed by atoms with Gasteiger partial charge in [0.1, 0.15) is 12.4 Å². The maximum absolute atomic E-state index is 10.5. The second kappa shape index (κ2) is 4.45. The fourth-order valence-electron chi connectivity index (χ4n) is 1.46. The average Bonchev–Trinajstić information content (AvgIpc) is 2.78. The van der Waals surface area contributed by atoms with E-state index in [9.17, 15) is 10.1 Å². The van der Waals surface area contributed by atoms with Gasteiger partial charge in [-0.15, -0.1) is 0 Å². The maximum atomic E-state index is 10.5. The van der Waals surface area contributed by atoms with Crippen LogP contribution in [0.25, 0.3) is 0 Å².